The van der Waals surface area contributed by atoms with E-state index in [2.05, 4.69) is 64.3 Å². The number of halogens is 1. The molecule has 0 unspecified atom stereocenters. The number of aromatic nitrogens is 1. The second-order valence-electron chi connectivity index (χ2n) is 4.84. The average molecular weight is 320 g/mol. The molecule has 0 aliphatic heterocycles. The first kappa shape index (κ1) is 13.9. The summed E-state index contributed by atoms with van der Waals surface area (Å²) in [5.74, 6) is 1.28. The summed E-state index contributed by atoms with van der Waals surface area (Å²) in [7, 11) is 0. The van der Waals surface area contributed by atoms with Crippen molar-refractivity contribution in [1.29, 1.82) is 0 Å². The van der Waals surface area contributed by atoms with Gasteiger partial charge in [-0.15, -0.1) is 0 Å². The lowest BCUT2D eigenvalue weighted by Gasteiger charge is -2.10. The van der Waals surface area contributed by atoms with Gasteiger partial charge in [0, 0.05) is 17.2 Å². The van der Waals surface area contributed by atoms with Gasteiger partial charge in [-0.05, 0) is 39.0 Å². The fourth-order valence-corrected chi connectivity index (χ4v) is 2.16. The fraction of sp³-hybridized carbons (Fsp3) is 0.267. The Morgan fingerprint density at radius 2 is 1.95 bits per heavy atom. The smallest absolute Gasteiger partial charge is 0.149 e. The zero-order valence-electron chi connectivity index (χ0n) is 11.2. The molecule has 0 spiro atoms. The number of pyridine rings is 1. The summed E-state index contributed by atoms with van der Waals surface area (Å²) in [6.45, 7) is 5.11. The van der Waals surface area contributed by atoms with Gasteiger partial charge in [-0.1, -0.05) is 38.1 Å². The first-order chi connectivity index (χ1) is 9.06. The van der Waals surface area contributed by atoms with E-state index >= 15 is 0 Å². The predicted octanol–water partition coefficient (Wildman–Crippen LogP) is 4.16. The van der Waals surface area contributed by atoms with Gasteiger partial charge in [0.15, 0.2) is 0 Å². The van der Waals surface area contributed by atoms with Crippen LogP contribution >= 0.6 is 15.9 Å². The second-order valence-corrected chi connectivity index (χ2v) is 5.76. The third kappa shape index (κ3) is 3.70. The van der Waals surface area contributed by atoms with Crippen molar-refractivity contribution in [1.82, 2.24) is 4.98 Å². The van der Waals surface area contributed by atoms with Gasteiger partial charge in [-0.3, -0.25) is 0 Å². The van der Waals surface area contributed by atoms with Gasteiger partial charge >= 0.3 is 0 Å². The summed E-state index contributed by atoms with van der Waals surface area (Å²) in [4.78, 5) is 4.26. The molecule has 100 valence electrons. The van der Waals surface area contributed by atoms with Crippen LogP contribution in [-0.4, -0.2) is 4.98 Å². The molecule has 1 heterocycles. The molecule has 0 aliphatic carbocycles. The van der Waals surface area contributed by atoms with E-state index in [4.69, 9.17) is 5.73 Å². The molecular formula is C15H18BrN3. The first-order valence-corrected chi connectivity index (χ1v) is 7.09. The topological polar surface area (TPSA) is 50.9 Å². The molecule has 0 saturated heterocycles. The van der Waals surface area contributed by atoms with Gasteiger partial charge < -0.3 is 11.1 Å². The second kappa shape index (κ2) is 6.06. The largest absolute Gasteiger partial charge is 0.396 e. The van der Waals surface area contributed by atoms with E-state index in [1.165, 1.54) is 11.1 Å². The standard InChI is InChI=1S/C15H18BrN3/c1-10(2)12-5-3-11(4-6-12)8-18-15-14(17)7-13(16)9-19-15/h3-7,9-10H,8,17H2,1-2H3,(H,18,19). The Balaban J connectivity index is 2.02. The van der Waals surface area contributed by atoms with Crippen LogP contribution in [0, 0.1) is 0 Å². The fourth-order valence-electron chi connectivity index (χ4n) is 1.81. The maximum absolute atomic E-state index is 5.89. The summed E-state index contributed by atoms with van der Waals surface area (Å²) in [5.41, 5.74) is 9.11. The molecule has 2 rings (SSSR count). The van der Waals surface area contributed by atoms with Gasteiger partial charge in [0.05, 0.1) is 5.69 Å². The first-order valence-electron chi connectivity index (χ1n) is 6.30. The summed E-state index contributed by atoms with van der Waals surface area (Å²) >= 11 is 3.34. The van der Waals surface area contributed by atoms with Crippen molar-refractivity contribution in [2.75, 3.05) is 11.1 Å². The van der Waals surface area contributed by atoms with Crippen LogP contribution in [0.15, 0.2) is 41.0 Å². The minimum atomic E-state index is 0.561. The maximum atomic E-state index is 5.89. The van der Waals surface area contributed by atoms with Crippen LogP contribution in [-0.2, 0) is 6.54 Å². The third-order valence-electron chi connectivity index (χ3n) is 2.99. The molecule has 1 aromatic heterocycles. The number of nitrogens with one attached hydrogen (secondary N) is 1. The minimum absolute atomic E-state index is 0.561. The number of nitrogens with two attached hydrogens (primary N) is 1. The highest BCUT2D eigenvalue weighted by atomic mass is 79.9. The molecule has 0 bridgehead atoms. The van der Waals surface area contributed by atoms with Gasteiger partial charge in [0.2, 0.25) is 0 Å². The Morgan fingerprint density at radius 3 is 2.53 bits per heavy atom. The molecule has 4 heteroatoms. The van der Waals surface area contributed by atoms with Gasteiger partial charge in [0.25, 0.3) is 0 Å². The predicted molar refractivity (Wildman–Crippen MR) is 84.2 cm³/mol. The Morgan fingerprint density at radius 1 is 1.26 bits per heavy atom. The number of nitrogens with zero attached hydrogens (tertiary/aromatic N) is 1. The van der Waals surface area contributed by atoms with Crippen LogP contribution in [0.4, 0.5) is 11.5 Å². The SMILES string of the molecule is CC(C)c1ccc(CNc2ncc(Br)cc2N)cc1. The molecule has 0 atom stereocenters. The van der Waals surface area contributed by atoms with Crippen LogP contribution in [0.2, 0.25) is 0 Å². The number of hydrogen-bond donors (Lipinski definition) is 2. The maximum Gasteiger partial charge on any atom is 0.149 e. The van der Waals surface area contributed by atoms with Crippen molar-refractivity contribution >= 4 is 27.4 Å². The van der Waals surface area contributed by atoms with Crippen molar-refractivity contribution in [2.24, 2.45) is 0 Å². The van der Waals surface area contributed by atoms with Gasteiger partial charge in [-0.25, -0.2) is 4.98 Å². The van der Waals surface area contributed by atoms with Crippen molar-refractivity contribution in [2.45, 2.75) is 26.3 Å². The quantitative estimate of drug-likeness (QED) is 0.889. The van der Waals surface area contributed by atoms with Crippen LogP contribution < -0.4 is 11.1 Å². The Labute approximate surface area is 122 Å². The zero-order valence-corrected chi connectivity index (χ0v) is 12.7. The highest BCUT2D eigenvalue weighted by Crippen LogP contribution is 2.21. The van der Waals surface area contributed by atoms with Crippen molar-refractivity contribution in [3.05, 3.63) is 52.1 Å². The lowest BCUT2D eigenvalue weighted by atomic mass is 10.0. The molecule has 0 radical (unpaired) electrons. The van der Waals surface area contributed by atoms with E-state index in [0.29, 0.717) is 11.6 Å². The normalized spacial score (nSPS) is 10.7. The molecule has 0 aliphatic rings. The molecule has 3 nitrogen and oxygen atoms in total. The Hall–Kier alpha value is -1.55. The van der Waals surface area contributed by atoms with E-state index in [0.717, 1.165) is 16.8 Å². The summed E-state index contributed by atoms with van der Waals surface area (Å²) in [6.07, 6.45) is 1.74. The highest BCUT2D eigenvalue weighted by Gasteiger charge is 2.02. The summed E-state index contributed by atoms with van der Waals surface area (Å²) in [6, 6.07) is 10.5. The van der Waals surface area contributed by atoms with Crippen molar-refractivity contribution in [3.63, 3.8) is 0 Å². The molecule has 19 heavy (non-hydrogen) atoms. The molecular weight excluding hydrogens is 302 g/mol. The van der Waals surface area contributed by atoms with Gasteiger partial charge in [0.1, 0.15) is 5.82 Å². The lowest BCUT2D eigenvalue weighted by molar-refractivity contribution is 0.865. The minimum Gasteiger partial charge on any atom is -0.396 e. The molecule has 1 aromatic carbocycles. The van der Waals surface area contributed by atoms with Crippen molar-refractivity contribution < 1.29 is 0 Å². The molecule has 3 N–H and O–H groups in total. The van der Waals surface area contributed by atoms with Crippen LogP contribution in [0.5, 0.6) is 0 Å². The van der Waals surface area contributed by atoms with E-state index < -0.39 is 0 Å². The zero-order chi connectivity index (χ0) is 13.8. The highest BCUT2D eigenvalue weighted by molar-refractivity contribution is 9.10. The Kier molecular flexibility index (Phi) is 4.43. The van der Waals surface area contributed by atoms with E-state index in [1.807, 2.05) is 6.07 Å². The number of nitrogen functional groups attached to an aromatic ring is 1. The summed E-state index contributed by atoms with van der Waals surface area (Å²) < 4.78 is 0.886. The number of hydrogen-bond acceptors (Lipinski definition) is 3. The van der Waals surface area contributed by atoms with Crippen LogP contribution in [0.25, 0.3) is 0 Å². The number of rotatable bonds is 4. The monoisotopic (exact) mass is 319 g/mol. The molecule has 0 saturated carbocycles. The van der Waals surface area contributed by atoms with E-state index in [9.17, 15) is 0 Å². The van der Waals surface area contributed by atoms with Crippen LogP contribution in [0.3, 0.4) is 0 Å². The van der Waals surface area contributed by atoms with Gasteiger partial charge in [-0.2, -0.15) is 0 Å². The Bertz CT molecular complexity index is 550. The van der Waals surface area contributed by atoms with E-state index in [1.54, 1.807) is 6.20 Å². The number of anilines is 2. The molecule has 2 aromatic rings. The van der Waals surface area contributed by atoms with Crippen LogP contribution in [0.1, 0.15) is 30.9 Å². The average Bonchev–Trinajstić information content (AvgIpc) is 2.38. The third-order valence-corrected chi connectivity index (χ3v) is 3.42. The number of benzene rings is 1. The summed E-state index contributed by atoms with van der Waals surface area (Å²) in [5, 5.41) is 3.25. The van der Waals surface area contributed by atoms with E-state index in [-0.39, 0.29) is 0 Å². The lowest BCUT2D eigenvalue weighted by Crippen LogP contribution is -2.04. The van der Waals surface area contributed by atoms with Crippen molar-refractivity contribution in [3.8, 4) is 0 Å². The molecule has 0 fully saturated rings. The molecule has 0 amide bonds.